The van der Waals surface area contributed by atoms with Crippen molar-refractivity contribution in [2.75, 3.05) is 7.11 Å². The van der Waals surface area contributed by atoms with Crippen LogP contribution in [0.3, 0.4) is 0 Å². The molecule has 2 aliphatic heterocycles. The molecule has 0 amide bonds. The maximum atomic E-state index is 13.2. The molecule has 1 aliphatic carbocycles. The minimum Gasteiger partial charge on any atom is -0.508 e. The third-order valence-electron chi connectivity index (χ3n) is 9.52. The topological polar surface area (TPSA) is 123 Å². The van der Waals surface area contributed by atoms with Gasteiger partial charge in [0.2, 0.25) is 5.60 Å². The first-order chi connectivity index (χ1) is 21.8. The average molecular weight is 629 g/mol. The summed E-state index contributed by atoms with van der Waals surface area (Å²) in [7, 11) is 1.34. The van der Waals surface area contributed by atoms with E-state index in [1.54, 1.807) is 18.2 Å². The summed E-state index contributed by atoms with van der Waals surface area (Å²) in [5, 5.41) is 32.2. The van der Waals surface area contributed by atoms with Crippen molar-refractivity contribution in [1.82, 2.24) is 0 Å². The lowest BCUT2D eigenvalue weighted by molar-refractivity contribution is -0.181. The lowest BCUT2D eigenvalue weighted by Crippen LogP contribution is -2.62. The van der Waals surface area contributed by atoms with Crippen molar-refractivity contribution in [2.24, 2.45) is 5.92 Å². The lowest BCUT2D eigenvalue weighted by atomic mass is 9.60. The molecule has 2 bridgehead atoms. The fourth-order valence-electron chi connectivity index (χ4n) is 7.37. The van der Waals surface area contributed by atoms with Crippen LogP contribution in [-0.2, 0) is 26.3 Å². The number of carboxylic acid groups (broad SMARTS) is 1. The minimum absolute atomic E-state index is 0.0204. The Morgan fingerprint density at radius 1 is 1.04 bits per heavy atom. The van der Waals surface area contributed by atoms with E-state index in [0.29, 0.717) is 59.4 Å². The molecule has 3 N–H and O–H groups in total. The first-order valence-electron chi connectivity index (χ1n) is 15.9. The summed E-state index contributed by atoms with van der Waals surface area (Å²) in [5.41, 5.74) is 3.31. The number of ether oxygens (including phenoxy) is 3. The Morgan fingerprint density at radius 2 is 1.78 bits per heavy atom. The standard InChI is InChI=1S/C38H44O8/c1-22(2)9-7-10-24(5)11-8-12-25(35(41)42)13-14-26-19-27(39)20-28-32-30(40)15-16-31-33(32)38(46-34(26)28)21-37(45-31,36(43)44-6)18-17-29(38)23(3)4/h9,11,13,15-16,19-20,29,39-40H,3,7-8,10,12,14,17-18,21H2,1-2,4-6H3,(H,41,42)/b24-11+,25-13-/t29-,37-,38+/m1/s1. The summed E-state index contributed by atoms with van der Waals surface area (Å²) in [6.07, 6.45) is 10.0. The van der Waals surface area contributed by atoms with Crippen LogP contribution in [-0.4, -0.2) is 40.0 Å². The summed E-state index contributed by atoms with van der Waals surface area (Å²) < 4.78 is 18.6. The number of carbonyl (C=O) groups excluding carboxylic acids is 1. The molecule has 5 rings (SSSR count). The summed E-state index contributed by atoms with van der Waals surface area (Å²) in [4.78, 5) is 25.5. The van der Waals surface area contributed by atoms with Gasteiger partial charge in [0.05, 0.1) is 7.11 Å². The summed E-state index contributed by atoms with van der Waals surface area (Å²) >= 11 is 0. The van der Waals surface area contributed by atoms with Crippen LogP contribution in [0.2, 0.25) is 0 Å². The number of methoxy groups -OCH3 is 1. The molecule has 8 nitrogen and oxygen atoms in total. The molecule has 0 saturated heterocycles. The highest BCUT2D eigenvalue weighted by molar-refractivity contribution is 5.89. The molecule has 1 saturated carbocycles. The summed E-state index contributed by atoms with van der Waals surface area (Å²) in [6.45, 7) is 12.4. The zero-order valence-electron chi connectivity index (χ0n) is 27.4. The van der Waals surface area contributed by atoms with Crippen LogP contribution >= 0.6 is 0 Å². The molecule has 0 unspecified atom stereocenters. The SMILES string of the molecule is C=C(C)[C@H]1CC[C@]2(C(=O)OC)C[C@]13Oc1c(C/C=C(/CC/C=C(\C)CCC=C(C)C)C(=O)O)cc(O)cc1-c1c(O)ccc(c13)O2. The van der Waals surface area contributed by atoms with E-state index in [1.165, 1.54) is 30.4 Å². The lowest BCUT2D eigenvalue weighted by Gasteiger charge is -2.56. The maximum absolute atomic E-state index is 13.2. The number of hydrogen-bond donors (Lipinski definition) is 3. The second-order valence-electron chi connectivity index (χ2n) is 13.2. The van der Waals surface area contributed by atoms with Gasteiger partial charge in [0.25, 0.3) is 0 Å². The van der Waals surface area contributed by atoms with Crippen molar-refractivity contribution in [2.45, 2.75) is 90.3 Å². The number of phenols is 2. The molecule has 3 aliphatic rings. The molecule has 0 aromatic heterocycles. The summed E-state index contributed by atoms with van der Waals surface area (Å²) in [5.74, 6) is -0.966. The number of fused-ring (bicyclic) bond motifs is 3. The number of allylic oxidation sites excluding steroid dienone is 5. The van der Waals surface area contributed by atoms with Gasteiger partial charge < -0.3 is 29.5 Å². The van der Waals surface area contributed by atoms with E-state index >= 15 is 0 Å². The van der Waals surface area contributed by atoms with Gasteiger partial charge in [-0.05, 0) is 96.9 Å². The van der Waals surface area contributed by atoms with Gasteiger partial charge in [0.1, 0.15) is 28.6 Å². The predicted molar refractivity (Wildman–Crippen MR) is 176 cm³/mol. The van der Waals surface area contributed by atoms with E-state index in [9.17, 15) is 24.9 Å². The highest BCUT2D eigenvalue weighted by Gasteiger charge is 2.64. The highest BCUT2D eigenvalue weighted by Crippen LogP contribution is 2.65. The van der Waals surface area contributed by atoms with Gasteiger partial charge in [-0.1, -0.05) is 41.5 Å². The minimum atomic E-state index is -1.29. The van der Waals surface area contributed by atoms with E-state index in [0.717, 1.165) is 18.4 Å². The van der Waals surface area contributed by atoms with Gasteiger partial charge >= 0.3 is 11.9 Å². The summed E-state index contributed by atoms with van der Waals surface area (Å²) in [6, 6.07) is 6.25. The third kappa shape index (κ3) is 5.93. The molecule has 2 aromatic carbocycles. The van der Waals surface area contributed by atoms with Crippen molar-refractivity contribution in [3.63, 3.8) is 0 Å². The van der Waals surface area contributed by atoms with E-state index in [4.69, 9.17) is 14.2 Å². The zero-order chi connectivity index (χ0) is 33.4. The third-order valence-corrected chi connectivity index (χ3v) is 9.52. The van der Waals surface area contributed by atoms with Crippen LogP contribution in [0.5, 0.6) is 23.0 Å². The molecule has 8 heteroatoms. The van der Waals surface area contributed by atoms with Gasteiger partial charge in [0, 0.05) is 40.2 Å². The molecule has 2 aromatic rings. The Hall–Kier alpha value is -4.46. The van der Waals surface area contributed by atoms with Crippen molar-refractivity contribution in [1.29, 1.82) is 0 Å². The Balaban J connectivity index is 1.56. The molecular formula is C38H44O8. The predicted octanol–water partition coefficient (Wildman–Crippen LogP) is 8.06. The second-order valence-corrected chi connectivity index (χ2v) is 13.2. The van der Waals surface area contributed by atoms with E-state index in [1.807, 2.05) is 6.92 Å². The second kappa shape index (κ2) is 12.7. The highest BCUT2D eigenvalue weighted by atomic mass is 16.6. The van der Waals surface area contributed by atoms with Crippen LogP contribution < -0.4 is 9.47 Å². The molecule has 1 fully saturated rings. The molecule has 1 spiro atoms. The monoisotopic (exact) mass is 628 g/mol. The molecular weight excluding hydrogens is 584 g/mol. The zero-order valence-corrected chi connectivity index (χ0v) is 27.4. The van der Waals surface area contributed by atoms with Gasteiger partial charge in [-0.25, -0.2) is 9.59 Å². The first-order valence-corrected chi connectivity index (χ1v) is 15.9. The van der Waals surface area contributed by atoms with Crippen molar-refractivity contribution >= 4 is 11.9 Å². The number of benzene rings is 2. The van der Waals surface area contributed by atoms with E-state index < -0.39 is 23.1 Å². The number of carboxylic acids is 1. The number of carbonyl (C=O) groups is 2. The number of esters is 1. The van der Waals surface area contributed by atoms with Crippen molar-refractivity contribution in [3.8, 4) is 34.1 Å². The molecule has 2 heterocycles. The number of aliphatic carboxylic acids is 1. The quantitative estimate of drug-likeness (QED) is 0.130. The smallest absolute Gasteiger partial charge is 0.350 e. The van der Waals surface area contributed by atoms with Crippen LogP contribution in [0.15, 0.2) is 71.4 Å². The van der Waals surface area contributed by atoms with Crippen molar-refractivity contribution in [3.05, 3.63) is 82.5 Å². The number of hydrogen-bond acceptors (Lipinski definition) is 7. The Bertz CT molecular complexity index is 1670. The number of rotatable bonds is 11. The van der Waals surface area contributed by atoms with E-state index in [-0.39, 0.29) is 35.8 Å². The van der Waals surface area contributed by atoms with Gasteiger partial charge in [0.15, 0.2) is 0 Å². The molecule has 244 valence electrons. The van der Waals surface area contributed by atoms with Crippen LogP contribution in [0.4, 0.5) is 0 Å². The largest absolute Gasteiger partial charge is 0.508 e. The number of aromatic hydroxyl groups is 2. The first kappa shape index (κ1) is 32.9. The van der Waals surface area contributed by atoms with Gasteiger partial charge in [-0.3, -0.25) is 0 Å². The van der Waals surface area contributed by atoms with Gasteiger partial charge in [-0.2, -0.15) is 0 Å². The maximum Gasteiger partial charge on any atom is 0.350 e. The van der Waals surface area contributed by atoms with Crippen molar-refractivity contribution < 1.29 is 39.1 Å². The van der Waals surface area contributed by atoms with Crippen LogP contribution in [0.25, 0.3) is 11.1 Å². The van der Waals surface area contributed by atoms with Gasteiger partial charge in [-0.15, -0.1) is 0 Å². The molecule has 46 heavy (non-hydrogen) atoms. The molecule has 0 radical (unpaired) electrons. The van der Waals surface area contributed by atoms with Crippen LogP contribution in [0.1, 0.15) is 83.8 Å². The fourth-order valence-corrected chi connectivity index (χ4v) is 7.37. The Morgan fingerprint density at radius 3 is 2.46 bits per heavy atom. The Labute approximate surface area is 270 Å². The normalized spacial score (nSPS) is 22.8. The Kier molecular flexibility index (Phi) is 9.12. The molecule has 3 atom stereocenters. The fraction of sp³-hybridized carbons (Fsp3) is 0.421. The van der Waals surface area contributed by atoms with Crippen LogP contribution in [0, 0.1) is 5.92 Å². The number of phenolic OH excluding ortho intramolecular Hbond substituents is 2. The van der Waals surface area contributed by atoms with E-state index in [2.05, 4.69) is 39.5 Å². The average Bonchev–Trinajstić information content (AvgIpc) is 2.99.